The fourth-order valence-corrected chi connectivity index (χ4v) is 1.94. The molecule has 0 N–H and O–H groups in total. The van der Waals surface area contributed by atoms with Crippen molar-refractivity contribution in [3.05, 3.63) is 12.4 Å². The number of unbranched alkanes of at least 4 members (excludes halogenated alkanes) is 2. The molecule has 0 aromatic rings. The van der Waals surface area contributed by atoms with Crippen molar-refractivity contribution >= 4 is 6.09 Å². The predicted octanol–water partition coefficient (Wildman–Crippen LogP) is 1.49. The standard InChI is InChI=1S/C12H22N2O2/c1-3-5-7-13-8-10-14(11-13,12(15)16)9-6-4-2/h8,10H,3-7,9,11H2,1-2H3. The van der Waals surface area contributed by atoms with Crippen molar-refractivity contribution in [3.63, 3.8) is 0 Å². The summed E-state index contributed by atoms with van der Waals surface area (Å²) in [6, 6.07) is 0. The van der Waals surface area contributed by atoms with Crippen LogP contribution in [0.1, 0.15) is 39.5 Å². The fourth-order valence-electron chi connectivity index (χ4n) is 1.94. The van der Waals surface area contributed by atoms with Gasteiger partial charge in [0.25, 0.3) is 6.09 Å². The van der Waals surface area contributed by atoms with Crippen LogP contribution in [0.25, 0.3) is 0 Å². The topological polar surface area (TPSA) is 43.4 Å². The quantitative estimate of drug-likeness (QED) is 0.644. The van der Waals surface area contributed by atoms with Crippen LogP contribution in [-0.4, -0.2) is 35.2 Å². The van der Waals surface area contributed by atoms with Crippen LogP contribution in [-0.2, 0) is 0 Å². The van der Waals surface area contributed by atoms with E-state index in [-0.39, 0.29) is 4.48 Å². The normalized spacial score (nSPS) is 24.0. The molecule has 0 bridgehead atoms. The molecule has 0 aliphatic carbocycles. The Kier molecular flexibility index (Phi) is 4.80. The summed E-state index contributed by atoms with van der Waals surface area (Å²) in [6.45, 7) is 6.31. The summed E-state index contributed by atoms with van der Waals surface area (Å²) in [4.78, 5) is 13.3. The molecule has 92 valence electrons. The Bertz CT molecular complexity index is 266. The van der Waals surface area contributed by atoms with Crippen molar-refractivity contribution in [1.82, 2.24) is 4.90 Å². The van der Waals surface area contributed by atoms with Gasteiger partial charge in [-0.15, -0.1) is 0 Å². The summed E-state index contributed by atoms with van der Waals surface area (Å²) in [7, 11) is 0. The second-order valence-corrected chi connectivity index (χ2v) is 4.48. The summed E-state index contributed by atoms with van der Waals surface area (Å²) in [5.41, 5.74) is 0. The van der Waals surface area contributed by atoms with Crippen LogP contribution in [0.5, 0.6) is 0 Å². The molecule has 0 spiro atoms. The lowest BCUT2D eigenvalue weighted by atomic mass is 10.3. The third-order valence-corrected chi connectivity index (χ3v) is 3.07. The molecule has 1 aliphatic rings. The number of carbonyl (C=O) groups excluding carboxylic acids is 1. The molecular weight excluding hydrogens is 204 g/mol. The highest BCUT2D eigenvalue weighted by Gasteiger charge is 2.33. The smallest absolute Gasteiger partial charge is 0.263 e. The van der Waals surface area contributed by atoms with Crippen LogP contribution < -0.4 is 5.11 Å². The molecule has 1 unspecified atom stereocenters. The van der Waals surface area contributed by atoms with Gasteiger partial charge in [0.1, 0.15) is 6.20 Å². The van der Waals surface area contributed by atoms with Crippen LogP contribution in [0.4, 0.5) is 4.79 Å². The molecule has 0 fully saturated rings. The van der Waals surface area contributed by atoms with Crippen molar-refractivity contribution in [3.8, 4) is 0 Å². The van der Waals surface area contributed by atoms with Crippen molar-refractivity contribution in [2.24, 2.45) is 0 Å². The van der Waals surface area contributed by atoms with Gasteiger partial charge in [0.2, 0.25) is 0 Å². The highest BCUT2D eigenvalue weighted by molar-refractivity contribution is 5.55. The highest BCUT2D eigenvalue weighted by Crippen LogP contribution is 2.19. The van der Waals surface area contributed by atoms with E-state index in [4.69, 9.17) is 0 Å². The number of quaternary nitrogens is 1. The molecule has 0 aromatic heterocycles. The molecule has 0 saturated heterocycles. The van der Waals surface area contributed by atoms with E-state index in [9.17, 15) is 9.90 Å². The molecule has 4 nitrogen and oxygen atoms in total. The van der Waals surface area contributed by atoms with E-state index in [0.29, 0.717) is 13.2 Å². The maximum Gasteiger partial charge on any atom is 0.263 e. The zero-order chi connectivity index (χ0) is 12.0. The third kappa shape index (κ3) is 2.98. The number of carbonyl (C=O) groups is 1. The summed E-state index contributed by atoms with van der Waals surface area (Å²) >= 11 is 0. The van der Waals surface area contributed by atoms with Crippen LogP contribution in [0.15, 0.2) is 12.4 Å². The van der Waals surface area contributed by atoms with Crippen molar-refractivity contribution in [1.29, 1.82) is 0 Å². The minimum atomic E-state index is -0.983. The number of amides is 1. The van der Waals surface area contributed by atoms with Gasteiger partial charge in [-0.2, -0.15) is 0 Å². The van der Waals surface area contributed by atoms with Gasteiger partial charge in [-0.1, -0.05) is 26.7 Å². The summed E-state index contributed by atoms with van der Waals surface area (Å²) in [5, 5.41) is 11.2. The maximum atomic E-state index is 11.2. The van der Waals surface area contributed by atoms with Crippen LogP contribution in [0.2, 0.25) is 0 Å². The van der Waals surface area contributed by atoms with Gasteiger partial charge in [-0.05, 0) is 12.8 Å². The van der Waals surface area contributed by atoms with Gasteiger partial charge in [0.05, 0.1) is 12.7 Å². The SMILES string of the molecule is CCCCN1C=C[N+](CCCC)(C(=O)[O-])C1. The third-order valence-electron chi connectivity index (χ3n) is 3.07. The minimum absolute atomic E-state index is 0.0302. The highest BCUT2D eigenvalue weighted by atomic mass is 16.4. The molecule has 0 radical (unpaired) electrons. The largest absolute Gasteiger partial charge is 0.498 e. The molecule has 1 rings (SSSR count). The van der Waals surface area contributed by atoms with Crippen LogP contribution >= 0.6 is 0 Å². The molecule has 4 heteroatoms. The average molecular weight is 226 g/mol. The molecule has 1 atom stereocenters. The Morgan fingerprint density at radius 1 is 1.38 bits per heavy atom. The first-order chi connectivity index (χ1) is 7.64. The Labute approximate surface area is 97.7 Å². The number of nitrogens with zero attached hydrogens (tertiary/aromatic N) is 2. The first-order valence-electron chi connectivity index (χ1n) is 6.16. The van der Waals surface area contributed by atoms with Crippen molar-refractivity contribution in [2.45, 2.75) is 39.5 Å². The van der Waals surface area contributed by atoms with E-state index in [1.807, 2.05) is 6.20 Å². The van der Waals surface area contributed by atoms with E-state index in [1.165, 1.54) is 0 Å². The number of hydrogen-bond donors (Lipinski definition) is 0. The Balaban J connectivity index is 2.56. The summed E-state index contributed by atoms with van der Waals surface area (Å²) in [6.07, 6.45) is 6.84. The molecule has 0 aromatic carbocycles. The fraction of sp³-hybridized carbons (Fsp3) is 0.750. The first-order valence-corrected chi connectivity index (χ1v) is 6.16. The Hall–Kier alpha value is -1.03. The Morgan fingerprint density at radius 2 is 2.06 bits per heavy atom. The van der Waals surface area contributed by atoms with Crippen LogP contribution in [0.3, 0.4) is 0 Å². The van der Waals surface area contributed by atoms with E-state index < -0.39 is 6.09 Å². The lowest BCUT2D eigenvalue weighted by Gasteiger charge is -2.32. The van der Waals surface area contributed by atoms with E-state index in [2.05, 4.69) is 18.7 Å². The summed E-state index contributed by atoms with van der Waals surface area (Å²) < 4.78 is -0.0302. The first kappa shape index (κ1) is 13.0. The summed E-state index contributed by atoms with van der Waals surface area (Å²) in [5.74, 6) is 0. The van der Waals surface area contributed by atoms with E-state index in [0.717, 1.165) is 32.2 Å². The van der Waals surface area contributed by atoms with E-state index in [1.54, 1.807) is 6.20 Å². The number of hydrogen-bond acceptors (Lipinski definition) is 3. The monoisotopic (exact) mass is 226 g/mol. The van der Waals surface area contributed by atoms with Gasteiger partial charge in [0, 0.05) is 6.54 Å². The minimum Gasteiger partial charge on any atom is -0.498 e. The van der Waals surface area contributed by atoms with Gasteiger partial charge >= 0.3 is 0 Å². The predicted molar refractivity (Wildman–Crippen MR) is 61.1 cm³/mol. The zero-order valence-corrected chi connectivity index (χ0v) is 10.3. The van der Waals surface area contributed by atoms with Gasteiger partial charge in [-0.3, -0.25) is 0 Å². The van der Waals surface area contributed by atoms with Crippen molar-refractivity contribution < 1.29 is 14.4 Å². The number of rotatable bonds is 6. The molecule has 1 heterocycles. The van der Waals surface area contributed by atoms with Gasteiger partial charge < -0.3 is 14.8 Å². The van der Waals surface area contributed by atoms with E-state index >= 15 is 0 Å². The second-order valence-electron chi connectivity index (χ2n) is 4.48. The molecule has 1 amide bonds. The van der Waals surface area contributed by atoms with Crippen molar-refractivity contribution in [2.75, 3.05) is 19.8 Å². The lowest BCUT2D eigenvalue weighted by Crippen LogP contribution is -2.56. The number of carboxylic acid groups (broad SMARTS) is 1. The average Bonchev–Trinajstić information content (AvgIpc) is 2.68. The second kappa shape index (κ2) is 5.89. The Morgan fingerprint density at radius 3 is 2.62 bits per heavy atom. The molecule has 1 aliphatic heterocycles. The lowest BCUT2D eigenvalue weighted by molar-refractivity contribution is -0.830. The molecular formula is C12H22N2O2. The zero-order valence-electron chi connectivity index (χ0n) is 10.3. The molecule has 0 saturated carbocycles. The maximum absolute atomic E-state index is 11.2. The van der Waals surface area contributed by atoms with Crippen LogP contribution in [0, 0.1) is 0 Å². The molecule has 16 heavy (non-hydrogen) atoms. The van der Waals surface area contributed by atoms with Gasteiger partial charge in [0.15, 0.2) is 6.67 Å². The van der Waals surface area contributed by atoms with Gasteiger partial charge in [-0.25, -0.2) is 4.48 Å².